The minimum absolute atomic E-state index is 0.0900. The first-order chi connectivity index (χ1) is 10.8. The topological polar surface area (TPSA) is 143 Å². The summed E-state index contributed by atoms with van der Waals surface area (Å²) in [6.07, 6.45) is 2.61. The van der Waals surface area contributed by atoms with Crippen LogP contribution in [-0.2, 0) is 13.8 Å². The van der Waals surface area contributed by atoms with Gasteiger partial charge in [-0.3, -0.25) is 9.09 Å². The molecule has 126 valence electrons. The summed E-state index contributed by atoms with van der Waals surface area (Å²) in [6, 6.07) is 0. The van der Waals surface area contributed by atoms with Crippen LogP contribution in [0.25, 0.3) is 6.08 Å². The van der Waals surface area contributed by atoms with E-state index in [0.717, 1.165) is 0 Å². The van der Waals surface area contributed by atoms with Crippen LogP contribution in [-0.4, -0.2) is 49.8 Å². The van der Waals surface area contributed by atoms with Crippen LogP contribution < -0.4 is 11.0 Å². The smallest absolute Gasteiger partial charge is 0.390 e. The Hall–Kier alpha value is -1.55. The first-order valence-electron chi connectivity index (χ1n) is 6.91. The largest absolute Gasteiger partial charge is 0.469 e. The van der Waals surface area contributed by atoms with Crippen LogP contribution in [0.4, 0.5) is 5.82 Å². The summed E-state index contributed by atoms with van der Waals surface area (Å²) >= 11 is 0. The van der Waals surface area contributed by atoms with Crippen LogP contribution in [0, 0.1) is 0 Å². The third-order valence-electron chi connectivity index (χ3n) is 3.59. The van der Waals surface area contributed by atoms with Gasteiger partial charge in [0.15, 0.2) is 0 Å². The number of phosphoric ester groups is 1. The zero-order valence-electron chi connectivity index (χ0n) is 11.9. The minimum Gasteiger partial charge on any atom is -0.390 e. The van der Waals surface area contributed by atoms with Crippen molar-refractivity contribution >= 4 is 19.7 Å². The van der Waals surface area contributed by atoms with Crippen LogP contribution in [0.15, 0.2) is 17.1 Å². The van der Waals surface area contributed by atoms with Crippen LogP contribution in [0.5, 0.6) is 0 Å². The van der Waals surface area contributed by atoms with Crippen molar-refractivity contribution in [3.8, 4) is 0 Å². The number of aromatic nitrogens is 2. The molecule has 0 unspecified atom stereocenters. The van der Waals surface area contributed by atoms with Gasteiger partial charge in [0.2, 0.25) is 0 Å². The van der Waals surface area contributed by atoms with Crippen LogP contribution in [0.3, 0.4) is 0 Å². The summed E-state index contributed by atoms with van der Waals surface area (Å²) in [5.41, 5.74) is 0.171. The van der Waals surface area contributed by atoms with Gasteiger partial charge in [0.05, 0.1) is 12.7 Å². The molecule has 1 aromatic rings. The van der Waals surface area contributed by atoms with Crippen molar-refractivity contribution in [1.29, 1.82) is 0 Å². The van der Waals surface area contributed by atoms with Gasteiger partial charge in [-0.25, -0.2) is 9.36 Å². The number of aliphatic hydroxyl groups excluding tert-OH is 1. The molecule has 0 bridgehead atoms. The van der Waals surface area contributed by atoms with Crippen LogP contribution in [0.2, 0.25) is 0 Å². The Morgan fingerprint density at radius 2 is 2.30 bits per heavy atom. The highest BCUT2D eigenvalue weighted by Crippen LogP contribution is 2.38. The number of phosphoric acid groups is 1. The van der Waals surface area contributed by atoms with Crippen LogP contribution in [0.1, 0.15) is 18.2 Å². The highest BCUT2D eigenvalue weighted by atomic mass is 31.2. The van der Waals surface area contributed by atoms with Crippen molar-refractivity contribution in [1.82, 2.24) is 9.55 Å². The lowest BCUT2D eigenvalue weighted by molar-refractivity contribution is -0.0450. The molecule has 23 heavy (non-hydrogen) atoms. The van der Waals surface area contributed by atoms with E-state index in [-0.39, 0.29) is 6.42 Å². The highest BCUT2D eigenvalue weighted by molar-refractivity contribution is 7.46. The monoisotopic (exact) mass is 345 g/mol. The van der Waals surface area contributed by atoms with E-state index in [9.17, 15) is 14.5 Å². The predicted octanol–water partition coefficient (Wildman–Crippen LogP) is -0.560. The van der Waals surface area contributed by atoms with Crippen molar-refractivity contribution in [2.45, 2.75) is 24.9 Å². The van der Waals surface area contributed by atoms with E-state index in [1.807, 2.05) is 12.2 Å². The lowest BCUT2D eigenvalue weighted by Gasteiger charge is -2.18. The molecular weight excluding hydrogens is 329 g/mol. The molecule has 0 saturated carbocycles. The quantitative estimate of drug-likeness (QED) is 0.528. The molecule has 0 spiro atoms. The number of nitrogens with one attached hydrogen (secondary N) is 1. The van der Waals surface area contributed by atoms with Crippen LogP contribution >= 0.6 is 7.82 Å². The number of nitrogens with zero attached hydrogens (tertiary/aromatic N) is 2. The second kappa shape index (κ2) is 6.16. The third-order valence-corrected chi connectivity index (χ3v) is 4.07. The molecule has 10 nitrogen and oxygen atoms in total. The first kappa shape index (κ1) is 16.3. The number of fused-ring (bicyclic) bond motifs is 1. The van der Waals surface area contributed by atoms with Gasteiger partial charge in [-0.05, 0) is 0 Å². The molecule has 0 radical (unpaired) electrons. The van der Waals surface area contributed by atoms with E-state index in [1.54, 1.807) is 6.20 Å². The third kappa shape index (κ3) is 3.69. The molecule has 3 heterocycles. The normalized spacial score (nSPS) is 26.8. The molecule has 0 aromatic carbocycles. The minimum atomic E-state index is -4.65. The molecule has 11 heteroatoms. The molecule has 0 aliphatic carbocycles. The predicted molar refractivity (Wildman–Crippen MR) is 78.6 cm³/mol. The van der Waals surface area contributed by atoms with Crippen molar-refractivity contribution in [3.05, 3.63) is 28.3 Å². The average molecular weight is 345 g/mol. The molecule has 1 aromatic heterocycles. The fourth-order valence-corrected chi connectivity index (χ4v) is 2.84. The van der Waals surface area contributed by atoms with E-state index >= 15 is 0 Å². The fourth-order valence-electron chi connectivity index (χ4n) is 2.50. The average Bonchev–Trinajstić information content (AvgIpc) is 2.84. The molecule has 4 N–H and O–H groups in total. The molecule has 1 fully saturated rings. The van der Waals surface area contributed by atoms with Gasteiger partial charge in [0.25, 0.3) is 0 Å². The van der Waals surface area contributed by atoms with Gasteiger partial charge in [0, 0.05) is 24.7 Å². The Morgan fingerprint density at radius 3 is 3.04 bits per heavy atom. The number of aliphatic hydroxyl groups is 1. The first-order valence-corrected chi connectivity index (χ1v) is 8.44. The summed E-state index contributed by atoms with van der Waals surface area (Å²) in [4.78, 5) is 33.4. The summed E-state index contributed by atoms with van der Waals surface area (Å²) in [5, 5.41) is 12.9. The fraction of sp³-hybridized carbons (Fsp3) is 0.500. The lowest BCUT2D eigenvalue weighted by Crippen LogP contribution is -2.29. The summed E-state index contributed by atoms with van der Waals surface area (Å²) in [7, 11) is -4.65. The molecule has 2 aliphatic rings. The summed E-state index contributed by atoms with van der Waals surface area (Å²) in [6.45, 7) is 0.112. The van der Waals surface area contributed by atoms with E-state index in [1.165, 1.54) is 4.57 Å². The van der Waals surface area contributed by atoms with Gasteiger partial charge in [-0.1, -0.05) is 12.2 Å². The lowest BCUT2D eigenvalue weighted by atomic mass is 10.2. The number of hydrogen-bond donors (Lipinski definition) is 4. The Kier molecular flexibility index (Phi) is 4.37. The second-order valence-corrected chi connectivity index (χ2v) is 6.48. The molecular formula is C12H16N3O7P. The Labute approximate surface area is 130 Å². The van der Waals surface area contributed by atoms with Gasteiger partial charge >= 0.3 is 13.5 Å². The standard InChI is InChI=1S/C12H16N3O7P/c16-8-4-10(22-9(8)6-21-23(18,19)20)15-5-7-2-1-3-13-11(7)14-12(15)17/h1-2,5,8-10,16H,3-4,6H2,(H,13,14,17)(H2,18,19,20)/t8-,9+,10+/m0/s1. The van der Waals surface area contributed by atoms with E-state index in [0.29, 0.717) is 17.9 Å². The maximum absolute atomic E-state index is 12.1. The SMILES string of the molecule is O=c1nc2c(cn1[C@H]1C[C@H](O)[C@@H](COP(=O)(O)O)O1)C=CCN2. The van der Waals surface area contributed by atoms with Crippen molar-refractivity contribution in [2.24, 2.45) is 0 Å². The van der Waals surface area contributed by atoms with Gasteiger partial charge < -0.3 is 24.9 Å². The second-order valence-electron chi connectivity index (χ2n) is 5.24. The summed E-state index contributed by atoms with van der Waals surface area (Å²) < 4.78 is 21.8. The van der Waals surface area contributed by atoms with E-state index in [2.05, 4.69) is 14.8 Å². The maximum atomic E-state index is 12.1. The van der Waals surface area contributed by atoms with Gasteiger partial charge in [0.1, 0.15) is 18.1 Å². The molecule has 1 saturated heterocycles. The zero-order valence-corrected chi connectivity index (χ0v) is 12.8. The maximum Gasteiger partial charge on any atom is 0.469 e. The molecule has 3 atom stereocenters. The summed E-state index contributed by atoms with van der Waals surface area (Å²) in [5.74, 6) is 0.480. The molecule has 3 rings (SSSR count). The molecule has 2 aliphatic heterocycles. The number of ether oxygens (including phenoxy) is 1. The number of rotatable bonds is 4. The number of anilines is 1. The highest BCUT2D eigenvalue weighted by Gasteiger charge is 2.37. The Morgan fingerprint density at radius 1 is 1.52 bits per heavy atom. The van der Waals surface area contributed by atoms with E-state index < -0.39 is 38.6 Å². The zero-order chi connectivity index (χ0) is 16.6. The van der Waals surface area contributed by atoms with Crippen molar-refractivity contribution < 1.29 is 28.7 Å². The Bertz CT molecular complexity index is 728. The van der Waals surface area contributed by atoms with Crippen molar-refractivity contribution in [2.75, 3.05) is 18.5 Å². The van der Waals surface area contributed by atoms with Gasteiger partial charge in [-0.2, -0.15) is 4.98 Å². The van der Waals surface area contributed by atoms with E-state index in [4.69, 9.17) is 14.5 Å². The van der Waals surface area contributed by atoms with Crippen molar-refractivity contribution in [3.63, 3.8) is 0 Å². The molecule has 0 amide bonds. The number of hydrogen-bond acceptors (Lipinski definition) is 7. The van der Waals surface area contributed by atoms with Gasteiger partial charge in [-0.15, -0.1) is 0 Å². The Balaban J connectivity index is 1.77.